The van der Waals surface area contributed by atoms with Crippen molar-refractivity contribution < 1.29 is 4.39 Å². The first-order valence-electron chi connectivity index (χ1n) is 9.89. The molecule has 156 valence electrons. The molecule has 0 bridgehead atoms. The van der Waals surface area contributed by atoms with Crippen LogP contribution in [0.15, 0.2) is 67.3 Å². The minimum absolute atomic E-state index is 0.0656. The summed E-state index contributed by atoms with van der Waals surface area (Å²) in [5.41, 5.74) is 10.1. The molecule has 4 aromatic rings. The number of halogens is 1. The fourth-order valence-electron chi connectivity index (χ4n) is 3.52. The van der Waals surface area contributed by atoms with Crippen molar-refractivity contribution in [2.24, 2.45) is 0 Å². The summed E-state index contributed by atoms with van der Waals surface area (Å²) in [6, 6.07) is 13.6. The van der Waals surface area contributed by atoms with Crippen LogP contribution >= 0.6 is 0 Å². The molecular formula is C23H22FN7. The average Bonchev–Trinajstić information content (AvgIpc) is 3.20. The molecule has 1 unspecified atom stereocenters. The van der Waals surface area contributed by atoms with E-state index in [1.807, 2.05) is 29.7 Å². The van der Waals surface area contributed by atoms with Gasteiger partial charge >= 0.3 is 0 Å². The fourth-order valence-corrected chi connectivity index (χ4v) is 3.52. The second-order valence-corrected chi connectivity index (χ2v) is 7.31. The number of aromatic nitrogens is 5. The molecule has 0 amide bonds. The van der Waals surface area contributed by atoms with E-state index in [4.69, 9.17) is 11.1 Å². The van der Waals surface area contributed by atoms with Gasteiger partial charge in [0.1, 0.15) is 5.82 Å². The van der Waals surface area contributed by atoms with E-state index in [1.54, 1.807) is 36.9 Å². The monoisotopic (exact) mass is 415 g/mol. The highest BCUT2D eigenvalue weighted by Crippen LogP contribution is 2.33. The second-order valence-electron chi connectivity index (χ2n) is 7.31. The van der Waals surface area contributed by atoms with Crippen molar-refractivity contribution in [2.45, 2.75) is 25.8 Å². The van der Waals surface area contributed by atoms with Crippen molar-refractivity contribution in [3.63, 3.8) is 0 Å². The second kappa shape index (κ2) is 8.83. The first-order chi connectivity index (χ1) is 15.0. The summed E-state index contributed by atoms with van der Waals surface area (Å²) in [5.74, 6) is -0.154. The third-order valence-corrected chi connectivity index (χ3v) is 4.97. The maximum atomic E-state index is 13.4. The lowest BCUT2D eigenvalue weighted by Crippen LogP contribution is -2.13. The molecule has 4 rings (SSSR count). The van der Waals surface area contributed by atoms with E-state index in [1.165, 1.54) is 12.1 Å². The van der Waals surface area contributed by atoms with Crippen LogP contribution in [0.4, 0.5) is 10.3 Å². The van der Waals surface area contributed by atoms with E-state index in [0.29, 0.717) is 29.9 Å². The number of nitrogen functional groups attached to an aromatic ring is 1. The van der Waals surface area contributed by atoms with Gasteiger partial charge in [-0.1, -0.05) is 6.07 Å². The first-order valence-corrected chi connectivity index (χ1v) is 9.89. The summed E-state index contributed by atoms with van der Waals surface area (Å²) in [6.07, 6.45) is 6.06. The molecule has 31 heavy (non-hydrogen) atoms. The summed E-state index contributed by atoms with van der Waals surface area (Å²) in [7, 11) is 0. The molecule has 1 aromatic carbocycles. The maximum Gasteiger partial charge on any atom is 0.220 e. The highest BCUT2D eigenvalue weighted by Gasteiger charge is 2.21. The van der Waals surface area contributed by atoms with E-state index in [9.17, 15) is 4.39 Å². The Morgan fingerprint density at radius 2 is 1.87 bits per heavy atom. The molecule has 0 fully saturated rings. The lowest BCUT2D eigenvalue weighted by molar-refractivity contribution is 0.568. The van der Waals surface area contributed by atoms with Gasteiger partial charge in [0.05, 0.1) is 23.4 Å². The Balaban J connectivity index is 1.68. The Bertz CT molecular complexity index is 1190. The van der Waals surface area contributed by atoms with Gasteiger partial charge in [0.2, 0.25) is 5.95 Å². The lowest BCUT2D eigenvalue weighted by atomic mass is 10.0. The van der Waals surface area contributed by atoms with Gasteiger partial charge < -0.3 is 15.7 Å². The van der Waals surface area contributed by atoms with Crippen molar-refractivity contribution >= 4 is 11.7 Å². The maximum absolute atomic E-state index is 13.4. The Kier molecular flexibility index (Phi) is 5.79. The molecule has 3 N–H and O–H groups in total. The number of anilines is 1. The molecule has 7 nitrogen and oxygen atoms in total. The molecule has 0 aliphatic heterocycles. The molecule has 1 atom stereocenters. The number of nitrogens with two attached hydrogens (primary N) is 1. The van der Waals surface area contributed by atoms with Gasteiger partial charge in [-0.25, -0.2) is 19.3 Å². The van der Waals surface area contributed by atoms with E-state index >= 15 is 0 Å². The number of imidazole rings is 1. The summed E-state index contributed by atoms with van der Waals surface area (Å²) in [5, 5.41) is 8.45. The standard InChI is InChI=1S/C23H22FN7/c1-15(12-18(25)13-19-4-2-3-10-27-19)31-14-29-21(16-5-7-17(24)8-6-16)22(31)20-9-11-28-23(26)30-20/h2-11,14-15,25H,12-13H2,1H3,(H2,26,28,30). The lowest BCUT2D eigenvalue weighted by Gasteiger charge is -2.18. The summed E-state index contributed by atoms with van der Waals surface area (Å²) >= 11 is 0. The Morgan fingerprint density at radius 3 is 2.58 bits per heavy atom. The van der Waals surface area contributed by atoms with Crippen molar-refractivity contribution in [1.82, 2.24) is 24.5 Å². The fraction of sp³-hybridized carbons (Fsp3) is 0.174. The zero-order valence-electron chi connectivity index (χ0n) is 17.0. The highest BCUT2D eigenvalue weighted by molar-refractivity contribution is 5.84. The van der Waals surface area contributed by atoms with E-state index in [2.05, 4.69) is 19.9 Å². The van der Waals surface area contributed by atoms with Crippen molar-refractivity contribution in [2.75, 3.05) is 5.73 Å². The topological polar surface area (TPSA) is 106 Å². The van der Waals surface area contributed by atoms with E-state index in [-0.39, 0.29) is 17.8 Å². The molecule has 0 saturated heterocycles. The van der Waals surface area contributed by atoms with Crippen LogP contribution < -0.4 is 5.73 Å². The Labute approximate surface area is 179 Å². The number of nitrogens with zero attached hydrogens (tertiary/aromatic N) is 5. The van der Waals surface area contributed by atoms with Crippen LogP contribution in [0.1, 0.15) is 25.1 Å². The zero-order chi connectivity index (χ0) is 21.8. The average molecular weight is 415 g/mol. The molecular weight excluding hydrogens is 393 g/mol. The molecule has 0 radical (unpaired) electrons. The largest absolute Gasteiger partial charge is 0.368 e. The van der Waals surface area contributed by atoms with Crippen LogP contribution in [-0.4, -0.2) is 30.2 Å². The van der Waals surface area contributed by atoms with E-state index < -0.39 is 0 Å². The number of pyridine rings is 1. The molecule has 8 heteroatoms. The Hall–Kier alpha value is -3.94. The van der Waals surface area contributed by atoms with Gasteiger partial charge in [-0.3, -0.25) is 4.98 Å². The summed E-state index contributed by atoms with van der Waals surface area (Å²) in [6.45, 7) is 2.02. The number of benzene rings is 1. The van der Waals surface area contributed by atoms with Gasteiger partial charge in [-0.2, -0.15) is 0 Å². The summed E-state index contributed by atoms with van der Waals surface area (Å²) in [4.78, 5) is 17.3. The number of hydrogen-bond donors (Lipinski definition) is 2. The van der Waals surface area contributed by atoms with Crippen LogP contribution in [0.25, 0.3) is 22.6 Å². The third-order valence-electron chi connectivity index (χ3n) is 4.97. The molecule has 0 spiro atoms. The van der Waals surface area contributed by atoms with Gasteiger partial charge in [0.15, 0.2) is 0 Å². The summed E-state index contributed by atoms with van der Waals surface area (Å²) < 4.78 is 15.4. The van der Waals surface area contributed by atoms with E-state index in [0.717, 1.165) is 17.0 Å². The molecule has 0 aliphatic carbocycles. The van der Waals surface area contributed by atoms with Gasteiger partial charge in [0, 0.05) is 48.2 Å². The van der Waals surface area contributed by atoms with Crippen LogP contribution in [0.2, 0.25) is 0 Å². The van der Waals surface area contributed by atoms with Crippen LogP contribution in [-0.2, 0) is 6.42 Å². The number of nitrogens with one attached hydrogen (secondary N) is 1. The van der Waals surface area contributed by atoms with Crippen molar-refractivity contribution in [3.05, 3.63) is 78.8 Å². The van der Waals surface area contributed by atoms with Crippen molar-refractivity contribution in [1.29, 1.82) is 5.41 Å². The normalized spacial score (nSPS) is 11.9. The van der Waals surface area contributed by atoms with Crippen LogP contribution in [0.5, 0.6) is 0 Å². The van der Waals surface area contributed by atoms with Gasteiger partial charge in [-0.15, -0.1) is 0 Å². The SMILES string of the molecule is CC(CC(=N)Cc1ccccn1)n1cnc(-c2ccc(F)cc2)c1-c1ccnc(N)n1. The van der Waals surface area contributed by atoms with Crippen LogP contribution in [0, 0.1) is 11.2 Å². The minimum Gasteiger partial charge on any atom is -0.368 e. The molecule has 0 saturated carbocycles. The Morgan fingerprint density at radius 1 is 1.06 bits per heavy atom. The molecule has 3 aromatic heterocycles. The van der Waals surface area contributed by atoms with Crippen molar-refractivity contribution in [3.8, 4) is 22.6 Å². The quantitative estimate of drug-likeness (QED) is 0.437. The predicted octanol–water partition coefficient (Wildman–Crippen LogP) is 4.34. The number of rotatable bonds is 7. The molecule has 3 heterocycles. The smallest absolute Gasteiger partial charge is 0.220 e. The highest BCUT2D eigenvalue weighted by atomic mass is 19.1. The predicted molar refractivity (Wildman–Crippen MR) is 118 cm³/mol. The minimum atomic E-state index is -0.313. The van der Waals surface area contributed by atoms with Crippen LogP contribution in [0.3, 0.4) is 0 Å². The third kappa shape index (κ3) is 4.63. The van der Waals surface area contributed by atoms with Gasteiger partial charge in [0.25, 0.3) is 0 Å². The first kappa shape index (κ1) is 20.3. The van der Waals surface area contributed by atoms with Gasteiger partial charge in [-0.05, 0) is 49.4 Å². The zero-order valence-corrected chi connectivity index (χ0v) is 17.0. The molecule has 0 aliphatic rings. The number of hydrogen-bond acceptors (Lipinski definition) is 6.